The van der Waals surface area contributed by atoms with Gasteiger partial charge in [0.2, 0.25) is 0 Å². The first-order valence-electron chi connectivity index (χ1n) is 5.42. The molecule has 0 radical (unpaired) electrons. The third-order valence-electron chi connectivity index (χ3n) is 2.47. The molecule has 2 aromatic rings. The van der Waals surface area contributed by atoms with Crippen LogP contribution in [0.25, 0.3) is 0 Å². The Morgan fingerprint density at radius 3 is 2.70 bits per heavy atom. The van der Waals surface area contributed by atoms with Gasteiger partial charge < -0.3 is 15.7 Å². The fraction of sp³-hybridized carbons (Fsp3) is 0. The van der Waals surface area contributed by atoms with E-state index in [-0.39, 0.29) is 16.6 Å². The van der Waals surface area contributed by atoms with Crippen LogP contribution in [-0.4, -0.2) is 11.0 Å². The summed E-state index contributed by atoms with van der Waals surface area (Å²) in [6.45, 7) is 0. The normalized spacial score (nSPS) is 11.4. The Hall–Kier alpha value is -1.79. The number of ether oxygens (including phenoxy) is 1. The van der Waals surface area contributed by atoms with Gasteiger partial charge in [-0.1, -0.05) is 22.8 Å². The second-order valence-electron chi connectivity index (χ2n) is 3.78. The van der Waals surface area contributed by atoms with Crippen LogP contribution < -0.4 is 10.5 Å². The summed E-state index contributed by atoms with van der Waals surface area (Å²) in [5.74, 6) is -0.289. The summed E-state index contributed by atoms with van der Waals surface area (Å²) in [7, 11) is 0. The number of rotatable bonds is 3. The predicted molar refractivity (Wildman–Crippen MR) is 78.1 cm³/mol. The van der Waals surface area contributed by atoms with E-state index in [1.165, 1.54) is 12.1 Å². The van der Waals surface area contributed by atoms with E-state index in [2.05, 4.69) is 21.1 Å². The molecule has 7 heteroatoms. The molecular weight excluding hydrogens is 351 g/mol. The van der Waals surface area contributed by atoms with Gasteiger partial charge in [0.15, 0.2) is 17.4 Å². The molecule has 0 heterocycles. The van der Waals surface area contributed by atoms with Gasteiger partial charge in [0, 0.05) is 5.56 Å². The van der Waals surface area contributed by atoms with Crippen molar-refractivity contribution in [3.63, 3.8) is 0 Å². The molecule has 0 aliphatic rings. The quantitative estimate of drug-likeness (QED) is 0.375. The summed E-state index contributed by atoms with van der Waals surface area (Å²) in [6.07, 6.45) is 0. The van der Waals surface area contributed by atoms with Gasteiger partial charge >= 0.3 is 0 Å². The van der Waals surface area contributed by atoms with E-state index in [1.54, 1.807) is 24.3 Å². The number of benzene rings is 2. The molecule has 0 aliphatic heterocycles. The number of amidine groups is 1. The van der Waals surface area contributed by atoms with Crippen molar-refractivity contribution in [2.45, 2.75) is 0 Å². The minimum Gasteiger partial charge on any atom is -0.453 e. The fourth-order valence-electron chi connectivity index (χ4n) is 1.48. The predicted octanol–water partition coefficient (Wildman–Crippen LogP) is 4.13. The molecule has 4 nitrogen and oxygen atoms in total. The molecule has 0 atom stereocenters. The maximum Gasteiger partial charge on any atom is 0.184 e. The van der Waals surface area contributed by atoms with Gasteiger partial charge in [0.1, 0.15) is 5.75 Å². The second-order valence-corrected chi connectivity index (χ2v) is 5.05. The van der Waals surface area contributed by atoms with Crippen molar-refractivity contribution in [3.8, 4) is 11.5 Å². The molecule has 20 heavy (non-hydrogen) atoms. The van der Waals surface area contributed by atoms with E-state index in [0.29, 0.717) is 15.8 Å². The molecular formula is C13H9BrClFN2O2. The fourth-order valence-corrected chi connectivity index (χ4v) is 2.11. The third kappa shape index (κ3) is 3.02. The zero-order chi connectivity index (χ0) is 14.7. The lowest BCUT2D eigenvalue weighted by Crippen LogP contribution is -2.12. The summed E-state index contributed by atoms with van der Waals surface area (Å²) >= 11 is 8.95. The van der Waals surface area contributed by atoms with E-state index in [4.69, 9.17) is 27.3 Å². The van der Waals surface area contributed by atoms with E-state index in [9.17, 15) is 4.39 Å². The molecule has 2 aromatic carbocycles. The average Bonchev–Trinajstić information content (AvgIpc) is 2.45. The highest BCUT2D eigenvalue weighted by Gasteiger charge is 2.11. The van der Waals surface area contributed by atoms with E-state index >= 15 is 0 Å². The Balaban J connectivity index is 2.33. The highest BCUT2D eigenvalue weighted by Crippen LogP contribution is 2.33. The zero-order valence-electron chi connectivity index (χ0n) is 9.98. The highest BCUT2D eigenvalue weighted by atomic mass is 79.9. The molecule has 0 fully saturated rings. The number of nitrogens with zero attached hydrogens (tertiary/aromatic N) is 1. The minimum atomic E-state index is -0.637. The number of hydrogen-bond donors (Lipinski definition) is 2. The maximum absolute atomic E-state index is 13.7. The lowest BCUT2D eigenvalue weighted by Gasteiger charge is -2.10. The van der Waals surface area contributed by atoms with Crippen molar-refractivity contribution >= 4 is 33.4 Å². The summed E-state index contributed by atoms with van der Waals surface area (Å²) in [4.78, 5) is 0. The van der Waals surface area contributed by atoms with Gasteiger partial charge in [-0.2, -0.15) is 0 Å². The molecule has 0 amide bonds. The Bertz CT molecular complexity index is 679. The second kappa shape index (κ2) is 6.11. The van der Waals surface area contributed by atoms with Crippen molar-refractivity contribution in [3.05, 3.63) is 57.3 Å². The van der Waals surface area contributed by atoms with Crippen LogP contribution in [0.3, 0.4) is 0 Å². The largest absolute Gasteiger partial charge is 0.453 e. The SMILES string of the molecule is N/C(=N/O)c1ccc(Oc2cccc(Cl)c2F)c(Br)c1. The Morgan fingerprint density at radius 2 is 2.05 bits per heavy atom. The molecule has 3 N–H and O–H groups in total. The van der Waals surface area contributed by atoms with Crippen LogP contribution in [0, 0.1) is 5.82 Å². The van der Waals surface area contributed by atoms with Crippen LogP contribution >= 0.6 is 27.5 Å². The van der Waals surface area contributed by atoms with E-state index < -0.39 is 5.82 Å². The molecule has 104 valence electrons. The first kappa shape index (κ1) is 14.6. The van der Waals surface area contributed by atoms with E-state index in [0.717, 1.165) is 0 Å². The molecule has 2 rings (SSSR count). The lowest BCUT2D eigenvalue weighted by atomic mass is 10.2. The van der Waals surface area contributed by atoms with Gasteiger partial charge in [0.05, 0.1) is 9.50 Å². The minimum absolute atomic E-state index is 0.00903. The van der Waals surface area contributed by atoms with Crippen LogP contribution in [0.2, 0.25) is 5.02 Å². The monoisotopic (exact) mass is 358 g/mol. The topological polar surface area (TPSA) is 67.8 Å². The summed E-state index contributed by atoms with van der Waals surface area (Å²) in [5.41, 5.74) is 5.97. The third-order valence-corrected chi connectivity index (χ3v) is 3.38. The lowest BCUT2D eigenvalue weighted by molar-refractivity contribution is 0.318. The molecule has 0 saturated heterocycles. The number of oxime groups is 1. The Kier molecular flexibility index (Phi) is 4.46. The van der Waals surface area contributed by atoms with Crippen LogP contribution in [0.1, 0.15) is 5.56 Å². The van der Waals surface area contributed by atoms with Gasteiger partial charge in [-0.15, -0.1) is 0 Å². The highest BCUT2D eigenvalue weighted by molar-refractivity contribution is 9.10. The van der Waals surface area contributed by atoms with Crippen molar-refractivity contribution in [1.82, 2.24) is 0 Å². The van der Waals surface area contributed by atoms with Crippen molar-refractivity contribution in [2.24, 2.45) is 10.9 Å². The molecule has 0 aliphatic carbocycles. The van der Waals surface area contributed by atoms with Crippen molar-refractivity contribution in [2.75, 3.05) is 0 Å². The summed E-state index contributed by atoms with van der Waals surface area (Å²) in [6, 6.07) is 9.22. The van der Waals surface area contributed by atoms with Crippen LogP contribution in [0.15, 0.2) is 46.0 Å². The number of nitrogens with two attached hydrogens (primary N) is 1. The van der Waals surface area contributed by atoms with Gasteiger partial charge in [-0.3, -0.25) is 0 Å². The van der Waals surface area contributed by atoms with Crippen LogP contribution in [-0.2, 0) is 0 Å². The van der Waals surface area contributed by atoms with Crippen LogP contribution in [0.5, 0.6) is 11.5 Å². The molecule has 0 aromatic heterocycles. The van der Waals surface area contributed by atoms with Crippen LogP contribution in [0.4, 0.5) is 4.39 Å². The first-order valence-corrected chi connectivity index (χ1v) is 6.59. The van der Waals surface area contributed by atoms with Crippen molar-refractivity contribution < 1.29 is 14.3 Å². The van der Waals surface area contributed by atoms with Crippen molar-refractivity contribution in [1.29, 1.82) is 0 Å². The van der Waals surface area contributed by atoms with E-state index in [1.807, 2.05) is 0 Å². The molecule has 0 saturated carbocycles. The zero-order valence-corrected chi connectivity index (χ0v) is 12.3. The smallest absolute Gasteiger partial charge is 0.184 e. The Labute approximate surface area is 127 Å². The van der Waals surface area contributed by atoms with Gasteiger partial charge in [-0.05, 0) is 46.3 Å². The standard InChI is InChI=1S/C13H9BrClFN2O2/c14-8-6-7(13(17)18-19)4-5-10(8)20-11-3-1-2-9(15)12(11)16/h1-6,19H,(H2,17,18). The maximum atomic E-state index is 13.7. The van der Waals surface area contributed by atoms with Gasteiger partial charge in [-0.25, -0.2) is 4.39 Å². The number of hydrogen-bond acceptors (Lipinski definition) is 3. The number of halogens is 3. The molecule has 0 spiro atoms. The summed E-state index contributed by atoms with van der Waals surface area (Å²) in [5, 5.41) is 11.5. The molecule has 0 unspecified atom stereocenters. The average molecular weight is 360 g/mol. The molecule has 0 bridgehead atoms. The van der Waals surface area contributed by atoms with Gasteiger partial charge in [0.25, 0.3) is 0 Å². The summed E-state index contributed by atoms with van der Waals surface area (Å²) < 4.78 is 19.7. The first-order chi connectivity index (χ1) is 9.52. The Morgan fingerprint density at radius 1 is 1.30 bits per heavy atom.